The van der Waals surface area contributed by atoms with E-state index in [-0.39, 0.29) is 0 Å². The maximum Gasteiger partial charge on any atom is 0.173 e. The summed E-state index contributed by atoms with van der Waals surface area (Å²) in [5.41, 5.74) is 0.482. The van der Waals surface area contributed by atoms with Crippen LogP contribution in [0.5, 0.6) is 0 Å². The molecule has 16 heavy (non-hydrogen) atoms. The summed E-state index contributed by atoms with van der Waals surface area (Å²) in [4.78, 5) is 0. The van der Waals surface area contributed by atoms with Gasteiger partial charge >= 0.3 is 0 Å². The molecule has 0 spiro atoms. The second-order valence-corrected chi connectivity index (χ2v) is 4.12. The Morgan fingerprint density at radius 1 is 1.38 bits per heavy atom. The second kappa shape index (κ2) is 4.13. The van der Waals surface area contributed by atoms with Crippen molar-refractivity contribution in [2.75, 3.05) is 0 Å². The van der Waals surface area contributed by atoms with Gasteiger partial charge in [0.05, 0.1) is 0 Å². The van der Waals surface area contributed by atoms with E-state index in [1.165, 1.54) is 6.08 Å². The molecular weight excluding hydrogens is 222 g/mol. The van der Waals surface area contributed by atoms with Crippen molar-refractivity contribution in [1.29, 1.82) is 5.26 Å². The van der Waals surface area contributed by atoms with E-state index < -0.39 is 5.60 Å². The first kappa shape index (κ1) is 10.9. The highest BCUT2D eigenvalue weighted by Gasteiger charge is 2.24. The quantitative estimate of drug-likeness (QED) is 0.756. The Morgan fingerprint density at radius 2 is 2.12 bits per heavy atom. The molecule has 0 saturated heterocycles. The largest absolute Gasteiger partial charge is 0.372 e. The van der Waals surface area contributed by atoms with Gasteiger partial charge in [0.2, 0.25) is 0 Å². The number of nitriles is 1. The van der Waals surface area contributed by atoms with Crippen LogP contribution in [-0.2, 0) is 0 Å². The fraction of sp³-hybridized carbons (Fsp3) is 0.154. The summed E-state index contributed by atoms with van der Waals surface area (Å²) < 4.78 is 0. The van der Waals surface area contributed by atoms with Crippen molar-refractivity contribution < 1.29 is 5.11 Å². The lowest BCUT2D eigenvalue weighted by Gasteiger charge is -2.19. The predicted molar refractivity (Wildman–Crippen MR) is 63.7 cm³/mol. The van der Waals surface area contributed by atoms with E-state index in [4.69, 9.17) is 16.9 Å². The zero-order valence-corrected chi connectivity index (χ0v) is 9.28. The van der Waals surface area contributed by atoms with Crippen LogP contribution in [0.3, 0.4) is 0 Å². The van der Waals surface area contributed by atoms with Gasteiger partial charge in [-0.15, -0.1) is 0 Å². The van der Waals surface area contributed by atoms with Crippen molar-refractivity contribution in [3.05, 3.63) is 53.1 Å². The lowest BCUT2D eigenvalue weighted by Crippen LogP contribution is -2.23. The third-order valence-corrected chi connectivity index (χ3v) is 2.88. The zero-order valence-electron chi connectivity index (χ0n) is 8.52. The van der Waals surface area contributed by atoms with Crippen molar-refractivity contribution in [1.82, 2.24) is 0 Å². The number of allylic oxidation sites excluding steroid dienone is 2. The molecule has 0 heterocycles. The van der Waals surface area contributed by atoms with Gasteiger partial charge in [-0.05, 0) is 23.3 Å². The van der Waals surface area contributed by atoms with Crippen molar-refractivity contribution in [3.63, 3.8) is 0 Å². The summed E-state index contributed by atoms with van der Waals surface area (Å²) in [5, 5.41) is 19.1. The maximum absolute atomic E-state index is 9.69. The van der Waals surface area contributed by atoms with Crippen LogP contribution in [0.25, 0.3) is 5.57 Å². The molecule has 1 aliphatic rings. The molecule has 0 aliphatic heterocycles. The number of benzene rings is 1. The Bertz CT molecular complexity index is 513. The van der Waals surface area contributed by atoms with Crippen molar-refractivity contribution in [2.24, 2.45) is 0 Å². The summed E-state index contributed by atoms with van der Waals surface area (Å²) in [6.07, 6.45) is 5.35. The van der Waals surface area contributed by atoms with E-state index in [2.05, 4.69) is 0 Å². The first-order chi connectivity index (χ1) is 7.64. The van der Waals surface area contributed by atoms with Gasteiger partial charge in [-0.3, -0.25) is 0 Å². The molecule has 0 aromatic heterocycles. The van der Waals surface area contributed by atoms with Crippen molar-refractivity contribution >= 4 is 17.2 Å². The Morgan fingerprint density at radius 3 is 2.69 bits per heavy atom. The van der Waals surface area contributed by atoms with Gasteiger partial charge in [-0.1, -0.05) is 42.0 Å². The van der Waals surface area contributed by atoms with Crippen LogP contribution in [0.1, 0.15) is 12.0 Å². The molecule has 0 bridgehead atoms. The monoisotopic (exact) mass is 231 g/mol. The molecule has 1 aromatic carbocycles. The van der Waals surface area contributed by atoms with Crippen LogP contribution in [-0.4, -0.2) is 10.7 Å². The first-order valence-electron chi connectivity index (χ1n) is 4.92. The summed E-state index contributed by atoms with van der Waals surface area (Å²) in [5.74, 6) is 0. The topological polar surface area (TPSA) is 44.0 Å². The van der Waals surface area contributed by atoms with E-state index in [9.17, 15) is 5.11 Å². The number of halogens is 1. The molecule has 0 fully saturated rings. The number of aliphatic hydroxyl groups is 1. The molecule has 2 nitrogen and oxygen atoms in total. The first-order valence-corrected chi connectivity index (χ1v) is 5.30. The van der Waals surface area contributed by atoms with Gasteiger partial charge in [0.25, 0.3) is 0 Å². The second-order valence-electron chi connectivity index (χ2n) is 3.71. The van der Waals surface area contributed by atoms with E-state index in [0.717, 1.165) is 11.1 Å². The van der Waals surface area contributed by atoms with Crippen LogP contribution in [0.2, 0.25) is 5.02 Å². The van der Waals surface area contributed by atoms with Crippen molar-refractivity contribution in [3.8, 4) is 6.07 Å². The Labute approximate surface area is 99.1 Å². The Kier molecular flexibility index (Phi) is 2.82. The molecule has 1 N–H and O–H groups in total. The van der Waals surface area contributed by atoms with Gasteiger partial charge in [0, 0.05) is 11.4 Å². The average Bonchev–Trinajstić information content (AvgIpc) is 2.31. The average molecular weight is 232 g/mol. The number of hydrogen-bond donors (Lipinski definition) is 1. The fourth-order valence-electron chi connectivity index (χ4n) is 1.61. The summed E-state index contributed by atoms with van der Waals surface area (Å²) >= 11 is 6.06. The molecular formula is C13H10ClNO. The molecule has 1 unspecified atom stereocenters. The van der Waals surface area contributed by atoms with Crippen LogP contribution in [0.15, 0.2) is 42.5 Å². The smallest absolute Gasteiger partial charge is 0.173 e. The van der Waals surface area contributed by atoms with Gasteiger partial charge in [-0.2, -0.15) is 5.26 Å². The Hall–Kier alpha value is -1.56. The standard InChI is InChI=1S/C13H10ClNO/c14-12-4-2-1-3-11(12)10-5-7-13(16,9-15)8-6-10/h1-7,16H,8H2. The summed E-state index contributed by atoms with van der Waals surface area (Å²) in [6, 6.07) is 9.36. The number of nitrogens with zero attached hydrogens (tertiary/aromatic N) is 1. The molecule has 1 aromatic rings. The van der Waals surface area contributed by atoms with E-state index >= 15 is 0 Å². The molecule has 1 atom stereocenters. The van der Waals surface area contributed by atoms with Crippen LogP contribution in [0, 0.1) is 11.3 Å². The lowest BCUT2D eigenvalue weighted by atomic mass is 9.91. The minimum Gasteiger partial charge on any atom is -0.372 e. The molecule has 3 heteroatoms. The highest BCUT2D eigenvalue weighted by Crippen LogP contribution is 2.30. The molecule has 0 saturated carbocycles. The maximum atomic E-state index is 9.69. The molecule has 0 radical (unpaired) electrons. The molecule has 80 valence electrons. The molecule has 0 amide bonds. The fourth-order valence-corrected chi connectivity index (χ4v) is 1.85. The minimum atomic E-state index is -1.37. The van der Waals surface area contributed by atoms with E-state index in [0.29, 0.717) is 11.4 Å². The third-order valence-electron chi connectivity index (χ3n) is 2.55. The van der Waals surface area contributed by atoms with Gasteiger partial charge < -0.3 is 5.11 Å². The Balaban J connectivity index is 2.32. The SMILES string of the molecule is N#CC1(O)C=CC(c2ccccc2Cl)=CC1. The highest BCUT2D eigenvalue weighted by atomic mass is 35.5. The summed E-state index contributed by atoms with van der Waals surface area (Å²) in [6.45, 7) is 0. The highest BCUT2D eigenvalue weighted by molar-refractivity contribution is 6.32. The van der Waals surface area contributed by atoms with Crippen LogP contribution in [0.4, 0.5) is 0 Å². The van der Waals surface area contributed by atoms with E-state index in [1.807, 2.05) is 36.4 Å². The van der Waals surface area contributed by atoms with Crippen molar-refractivity contribution in [2.45, 2.75) is 12.0 Å². The normalized spacial score (nSPS) is 23.7. The van der Waals surface area contributed by atoms with Gasteiger partial charge in [0.1, 0.15) is 6.07 Å². The number of rotatable bonds is 1. The van der Waals surface area contributed by atoms with Gasteiger partial charge in [-0.25, -0.2) is 0 Å². The minimum absolute atomic E-state index is 0.292. The van der Waals surface area contributed by atoms with E-state index in [1.54, 1.807) is 6.08 Å². The zero-order chi connectivity index (χ0) is 11.6. The molecule has 1 aliphatic carbocycles. The lowest BCUT2D eigenvalue weighted by molar-refractivity contribution is 0.153. The van der Waals surface area contributed by atoms with Crippen LogP contribution >= 0.6 is 11.6 Å². The molecule has 2 rings (SSSR count). The van der Waals surface area contributed by atoms with Crippen LogP contribution < -0.4 is 0 Å². The third kappa shape index (κ3) is 2.01. The predicted octanol–water partition coefficient (Wildman–Crippen LogP) is 2.94. The number of hydrogen-bond acceptors (Lipinski definition) is 2. The van der Waals surface area contributed by atoms with Gasteiger partial charge in [0.15, 0.2) is 5.60 Å². The summed E-state index contributed by atoms with van der Waals surface area (Å²) in [7, 11) is 0.